The van der Waals surface area contributed by atoms with Gasteiger partial charge in [-0.25, -0.2) is 0 Å². The smallest absolute Gasteiger partial charge is 0.000672 e. The summed E-state index contributed by atoms with van der Waals surface area (Å²) >= 11 is 0. The Morgan fingerprint density at radius 1 is 1.07 bits per heavy atom. The van der Waals surface area contributed by atoms with E-state index >= 15 is 0 Å². The molecule has 0 bridgehead atoms. The van der Waals surface area contributed by atoms with E-state index in [1.165, 1.54) is 45.2 Å². The van der Waals surface area contributed by atoms with Gasteiger partial charge in [-0.05, 0) is 37.6 Å². The summed E-state index contributed by atoms with van der Waals surface area (Å²) in [4.78, 5) is 2.56. The summed E-state index contributed by atoms with van der Waals surface area (Å²) in [5.41, 5.74) is 0. The molecule has 1 fully saturated rings. The molecule has 0 saturated heterocycles. The molecular formula is C14H29N. The normalized spacial score (nSPS) is 21.2. The van der Waals surface area contributed by atoms with Crippen molar-refractivity contribution in [2.75, 3.05) is 20.1 Å². The molecule has 0 aromatic carbocycles. The van der Waals surface area contributed by atoms with Crippen molar-refractivity contribution in [2.45, 2.75) is 52.9 Å². The van der Waals surface area contributed by atoms with Crippen molar-refractivity contribution in [3.8, 4) is 0 Å². The third kappa shape index (κ3) is 5.01. The molecule has 1 atom stereocenters. The van der Waals surface area contributed by atoms with Crippen LogP contribution < -0.4 is 0 Å². The van der Waals surface area contributed by atoms with Gasteiger partial charge in [0, 0.05) is 13.1 Å². The lowest BCUT2D eigenvalue weighted by Crippen LogP contribution is -2.32. The second kappa shape index (κ2) is 6.52. The summed E-state index contributed by atoms with van der Waals surface area (Å²) in [6.07, 6.45) is 7.36. The van der Waals surface area contributed by atoms with Crippen LogP contribution in [0.1, 0.15) is 52.9 Å². The van der Waals surface area contributed by atoms with Crippen LogP contribution in [0.2, 0.25) is 0 Å². The van der Waals surface area contributed by atoms with Gasteiger partial charge in [0.15, 0.2) is 0 Å². The van der Waals surface area contributed by atoms with Gasteiger partial charge in [0.2, 0.25) is 0 Å². The van der Waals surface area contributed by atoms with E-state index in [0.29, 0.717) is 0 Å². The number of hydrogen-bond acceptors (Lipinski definition) is 1. The molecule has 0 heterocycles. The summed E-state index contributed by atoms with van der Waals surface area (Å²) in [5.74, 6) is 2.64. The minimum absolute atomic E-state index is 0.818. The van der Waals surface area contributed by atoms with Crippen molar-refractivity contribution in [3.05, 3.63) is 0 Å². The molecule has 1 aliphatic carbocycles. The van der Waals surface area contributed by atoms with Crippen LogP contribution in [0.5, 0.6) is 0 Å². The SMILES string of the molecule is CC(C)[C@H](C)CN(C)CC1CCCCC1. The van der Waals surface area contributed by atoms with Gasteiger partial charge in [0.25, 0.3) is 0 Å². The Kier molecular flexibility index (Phi) is 5.66. The van der Waals surface area contributed by atoms with Crippen LogP contribution in [-0.2, 0) is 0 Å². The Morgan fingerprint density at radius 2 is 1.67 bits per heavy atom. The first-order valence-electron chi connectivity index (χ1n) is 6.78. The first-order valence-corrected chi connectivity index (χ1v) is 6.78. The Hall–Kier alpha value is -0.0400. The number of nitrogens with zero attached hydrogens (tertiary/aromatic N) is 1. The molecule has 0 amide bonds. The van der Waals surface area contributed by atoms with E-state index in [1.807, 2.05) is 0 Å². The molecule has 15 heavy (non-hydrogen) atoms. The summed E-state index contributed by atoms with van der Waals surface area (Å²) in [7, 11) is 2.30. The molecule has 1 heteroatoms. The van der Waals surface area contributed by atoms with Gasteiger partial charge >= 0.3 is 0 Å². The Bertz CT molecular complexity index is 159. The van der Waals surface area contributed by atoms with E-state index in [2.05, 4.69) is 32.7 Å². The maximum absolute atomic E-state index is 2.56. The zero-order chi connectivity index (χ0) is 11.3. The first-order chi connectivity index (χ1) is 7.09. The average Bonchev–Trinajstić information content (AvgIpc) is 2.18. The van der Waals surface area contributed by atoms with Gasteiger partial charge in [0.1, 0.15) is 0 Å². The summed E-state index contributed by atoms with van der Waals surface area (Å²) in [5, 5.41) is 0. The monoisotopic (exact) mass is 211 g/mol. The second-order valence-corrected chi connectivity index (χ2v) is 5.95. The molecule has 0 spiro atoms. The summed E-state index contributed by atoms with van der Waals surface area (Å²) in [6.45, 7) is 9.64. The quantitative estimate of drug-likeness (QED) is 0.669. The third-order valence-corrected chi connectivity index (χ3v) is 4.03. The number of rotatable bonds is 5. The highest BCUT2D eigenvalue weighted by Crippen LogP contribution is 2.24. The van der Waals surface area contributed by atoms with Crippen molar-refractivity contribution < 1.29 is 0 Å². The molecule has 0 aliphatic heterocycles. The van der Waals surface area contributed by atoms with Crippen molar-refractivity contribution >= 4 is 0 Å². The van der Waals surface area contributed by atoms with Gasteiger partial charge in [-0.15, -0.1) is 0 Å². The lowest BCUT2D eigenvalue weighted by Gasteiger charge is -2.29. The topological polar surface area (TPSA) is 3.24 Å². The molecule has 0 radical (unpaired) electrons. The molecule has 1 aliphatic rings. The van der Waals surface area contributed by atoms with Crippen molar-refractivity contribution in [3.63, 3.8) is 0 Å². The largest absolute Gasteiger partial charge is 0.306 e. The van der Waals surface area contributed by atoms with Crippen LogP contribution in [0.4, 0.5) is 0 Å². The third-order valence-electron chi connectivity index (χ3n) is 4.03. The van der Waals surface area contributed by atoms with Crippen LogP contribution in [0, 0.1) is 17.8 Å². The Balaban J connectivity index is 2.19. The molecule has 1 rings (SSSR count). The van der Waals surface area contributed by atoms with Crippen LogP contribution in [0.3, 0.4) is 0 Å². The van der Waals surface area contributed by atoms with E-state index in [9.17, 15) is 0 Å². The Labute approximate surface area is 96.2 Å². The van der Waals surface area contributed by atoms with Gasteiger partial charge in [-0.3, -0.25) is 0 Å². The molecule has 1 nitrogen and oxygen atoms in total. The van der Waals surface area contributed by atoms with Crippen LogP contribution in [0.15, 0.2) is 0 Å². The maximum Gasteiger partial charge on any atom is 0.000672 e. The standard InChI is InChI=1S/C14H29N/c1-12(2)13(3)10-15(4)11-14-8-6-5-7-9-14/h12-14H,5-11H2,1-4H3/t13-/m1/s1. The summed E-state index contributed by atoms with van der Waals surface area (Å²) in [6, 6.07) is 0. The zero-order valence-electron chi connectivity index (χ0n) is 11.1. The van der Waals surface area contributed by atoms with Gasteiger partial charge in [-0.1, -0.05) is 40.0 Å². The molecule has 0 unspecified atom stereocenters. The second-order valence-electron chi connectivity index (χ2n) is 5.95. The van der Waals surface area contributed by atoms with Crippen LogP contribution >= 0.6 is 0 Å². The molecule has 0 aromatic rings. The highest BCUT2D eigenvalue weighted by molar-refractivity contribution is 4.70. The van der Waals surface area contributed by atoms with Crippen molar-refractivity contribution in [2.24, 2.45) is 17.8 Å². The lowest BCUT2D eigenvalue weighted by atomic mass is 9.88. The van der Waals surface area contributed by atoms with E-state index < -0.39 is 0 Å². The van der Waals surface area contributed by atoms with Gasteiger partial charge in [0.05, 0.1) is 0 Å². The minimum atomic E-state index is 0.818. The predicted molar refractivity (Wildman–Crippen MR) is 68.1 cm³/mol. The lowest BCUT2D eigenvalue weighted by molar-refractivity contribution is 0.195. The summed E-state index contributed by atoms with van der Waals surface area (Å²) < 4.78 is 0. The fourth-order valence-electron chi connectivity index (χ4n) is 2.59. The molecule has 0 N–H and O–H groups in total. The fourth-order valence-corrected chi connectivity index (χ4v) is 2.59. The fraction of sp³-hybridized carbons (Fsp3) is 1.00. The predicted octanol–water partition coefficient (Wildman–Crippen LogP) is 3.79. The van der Waals surface area contributed by atoms with Crippen molar-refractivity contribution in [1.82, 2.24) is 4.90 Å². The molecule has 90 valence electrons. The molecule has 1 saturated carbocycles. The van der Waals surface area contributed by atoms with Crippen LogP contribution in [0.25, 0.3) is 0 Å². The average molecular weight is 211 g/mol. The van der Waals surface area contributed by atoms with E-state index in [1.54, 1.807) is 0 Å². The van der Waals surface area contributed by atoms with E-state index in [-0.39, 0.29) is 0 Å². The molecule has 0 aromatic heterocycles. The Morgan fingerprint density at radius 3 is 2.20 bits per heavy atom. The molecular weight excluding hydrogens is 182 g/mol. The highest BCUT2D eigenvalue weighted by Gasteiger charge is 2.17. The zero-order valence-corrected chi connectivity index (χ0v) is 11.1. The van der Waals surface area contributed by atoms with Gasteiger partial charge in [-0.2, -0.15) is 0 Å². The number of hydrogen-bond donors (Lipinski definition) is 0. The van der Waals surface area contributed by atoms with Crippen molar-refractivity contribution in [1.29, 1.82) is 0 Å². The highest BCUT2D eigenvalue weighted by atomic mass is 15.1. The van der Waals surface area contributed by atoms with E-state index in [0.717, 1.165) is 17.8 Å². The van der Waals surface area contributed by atoms with Gasteiger partial charge < -0.3 is 4.90 Å². The first kappa shape index (κ1) is 13.0. The van der Waals surface area contributed by atoms with Crippen LogP contribution in [-0.4, -0.2) is 25.0 Å². The maximum atomic E-state index is 2.56. The van der Waals surface area contributed by atoms with E-state index in [4.69, 9.17) is 0 Å². The minimum Gasteiger partial charge on any atom is -0.306 e.